The fourth-order valence-corrected chi connectivity index (χ4v) is 2.59. The molecule has 1 aliphatic rings. The van der Waals surface area contributed by atoms with Crippen LogP contribution in [0.25, 0.3) is 0 Å². The maximum absolute atomic E-state index is 12.2. The van der Waals surface area contributed by atoms with Crippen molar-refractivity contribution in [2.24, 2.45) is 11.7 Å². The van der Waals surface area contributed by atoms with Crippen molar-refractivity contribution >= 4 is 11.6 Å². The lowest BCUT2D eigenvalue weighted by Crippen LogP contribution is -2.50. The van der Waals surface area contributed by atoms with Crippen LogP contribution in [0.5, 0.6) is 5.75 Å². The number of hydrogen-bond acceptors (Lipinski definition) is 3. The fraction of sp³-hybridized carbons (Fsp3) is 0.562. The second-order valence-corrected chi connectivity index (χ2v) is 6.44. The van der Waals surface area contributed by atoms with Gasteiger partial charge in [0.15, 0.2) is 5.60 Å². The minimum absolute atomic E-state index is 0.0151. The molecule has 1 atom stereocenters. The van der Waals surface area contributed by atoms with Crippen molar-refractivity contribution in [3.8, 4) is 5.75 Å². The summed E-state index contributed by atoms with van der Waals surface area (Å²) in [5.41, 5.74) is 7.24. The van der Waals surface area contributed by atoms with Gasteiger partial charge < -0.3 is 15.4 Å². The molecule has 20 heavy (non-hydrogen) atoms. The molecule has 1 unspecified atom stereocenters. The minimum atomic E-state index is -0.816. The lowest BCUT2D eigenvalue weighted by atomic mass is 9.96. The molecule has 1 aliphatic heterocycles. The van der Waals surface area contributed by atoms with Gasteiger partial charge in [-0.25, -0.2) is 0 Å². The predicted molar refractivity (Wildman–Crippen MR) is 80.9 cm³/mol. The van der Waals surface area contributed by atoms with E-state index in [9.17, 15) is 4.79 Å². The van der Waals surface area contributed by atoms with Gasteiger partial charge in [0.2, 0.25) is 0 Å². The van der Waals surface area contributed by atoms with Crippen LogP contribution in [0.2, 0.25) is 0 Å². The van der Waals surface area contributed by atoms with Crippen molar-refractivity contribution < 1.29 is 9.53 Å². The van der Waals surface area contributed by atoms with Gasteiger partial charge in [0, 0.05) is 13.1 Å². The minimum Gasteiger partial charge on any atom is -0.476 e. The van der Waals surface area contributed by atoms with Gasteiger partial charge in [0.1, 0.15) is 5.75 Å². The monoisotopic (exact) mass is 276 g/mol. The fourth-order valence-electron chi connectivity index (χ4n) is 2.59. The molecule has 0 aliphatic carbocycles. The van der Waals surface area contributed by atoms with Crippen molar-refractivity contribution in [3.63, 3.8) is 0 Å². The average Bonchev–Trinajstić information content (AvgIpc) is 2.34. The number of nitrogens with zero attached hydrogens (tertiary/aromatic N) is 1. The topological polar surface area (TPSA) is 55.6 Å². The van der Waals surface area contributed by atoms with E-state index >= 15 is 0 Å². The summed E-state index contributed by atoms with van der Waals surface area (Å²) < 4.78 is 5.79. The number of carbonyl (C=O) groups is 1. The standard InChI is InChI=1S/C16H24N2O2/c1-10(2)8-12(17)11-6-7-14-13(9-11)18(5)15(19)16(3,4)20-14/h6-7,9-10,12H,8,17H2,1-5H3. The smallest absolute Gasteiger partial charge is 0.270 e. The van der Waals surface area contributed by atoms with Crippen LogP contribution in [-0.2, 0) is 4.79 Å². The van der Waals surface area contributed by atoms with Gasteiger partial charge in [-0.2, -0.15) is 0 Å². The number of benzene rings is 1. The molecule has 1 aromatic rings. The number of amides is 1. The summed E-state index contributed by atoms with van der Waals surface area (Å²) in [5.74, 6) is 1.23. The highest BCUT2D eigenvalue weighted by molar-refractivity contribution is 6.01. The normalized spacial score (nSPS) is 18.8. The lowest BCUT2D eigenvalue weighted by Gasteiger charge is -2.37. The Labute approximate surface area is 120 Å². The molecule has 4 nitrogen and oxygen atoms in total. The molecule has 2 rings (SSSR count). The zero-order valence-corrected chi connectivity index (χ0v) is 12.9. The van der Waals surface area contributed by atoms with Crippen molar-refractivity contribution in [2.75, 3.05) is 11.9 Å². The Kier molecular flexibility index (Phi) is 3.78. The maximum Gasteiger partial charge on any atom is 0.270 e. The van der Waals surface area contributed by atoms with Crippen LogP contribution >= 0.6 is 0 Å². The first kappa shape index (κ1) is 14.9. The highest BCUT2D eigenvalue weighted by atomic mass is 16.5. The van der Waals surface area contributed by atoms with E-state index in [2.05, 4.69) is 13.8 Å². The van der Waals surface area contributed by atoms with Crippen LogP contribution in [0.15, 0.2) is 18.2 Å². The van der Waals surface area contributed by atoms with Crippen molar-refractivity contribution in [3.05, 3.63) is 23.8 Å². The number of fused-ring (bicyclic) bond motifs is 1. The quantitative estimate of drug-likeness (QED) is 0.923. The molecule has 0 spiro atoms. The SMILES string of the molecule is CC(C)CC(N)c1ccc2c(c1)N(C)C(=O)C(C)(C)O2. The Morgan fingerprint density at radius 1 is 1.35 bits per heavy atom. The number of likely N-dealkylation sites (N-methyl/N-ethyl adjacent to an activating group) is 1. The highest BCUT2D eigenvalue weighted by Gasteiger charge is 2.39. The first-order valence-electron chi connectivity index (χ1n) is 7.09. The molecule has 110 valence electrons. The molecule has 1 heterocycles. The Morgan fingerprint density at radius 2 is 2.00 bits per heavy atom. The Balaban J connectivity index is 2.35. The molecule has 0 saturated carbocycles. The van der Waals surface area contributed by atoms with Gasteiger partial charge in [-0.15, -0.1) is 0 Å². The van der Waals surface area contributed by atoms with E-state index in [-0.39, 0.29) is 11.9 Å². The first-order valence-corrected chi connectivity index (χ1v) is 7.09. The third-order valence-corrected chi connectivity index (χ3v) is 3.68. The molecule has 0 radical (unpaired) electrons. The van der Waals surface area contributed by atoms with Crippen LogP contribution in [0, 0.1) is 5.92 Å². The third kappa shape index (κ3) is 2.66. The summed E-state index contributed by atoms with van der Waals surface area (Å²) in [6.45, 7) is 7.87. The van der Waals surface area contributed by atoms with Gasteiger partial charge in [-0.1, -0.05) is 19.9 Å². The molecule has 4 heteroatoms. The zero-order valence-electron chi connectivity index (χ0n) is 12.9. The number of hydrogen-bond donors (Lipinski definition) is 1. The summed E-state index contributed by atoms with van der Waals surface area (Å²) >= 11 is 0. The lowest BCUT2D eigenvalue weighted by molar-refractivity contribution is -0.132. The van der Waals surface area contributed by atoms with Crippen LogP contribution in [-0.4, -0.2) is 18.6 Å². The van der Waals surface area contributed by atoms with E-state index in [4.69, 9.17) is 10.5 Å². The van der Waals surface area contributed by atoms with Gasteiger partial charge in [-0.3, -0.25) is 4.79 Å². The van der Waals surface area contributed by atoms with Gasteiger partial charge in [-0.05, 0) is 43.9 Å². The molecule has 0 fully saturated rings. The number of ether oxygens (including phenoxy) is 1. The molecule has 0 saturated heterocycles. The summed E-state index contributed by atoms with van der Waals surface area (Å²) in [4.78, 5) is 13.9. The molecule has 0 bridgehead atoms. The number of carbonyl (C=O) groups excluding carboxylic acids is 1. The molecule has 2 N–H and O–H groups in total. The molecule has 0 aromatic heterocycles. The number of nitrogens with two attached hydrogens (primary N) is 1. The zero-order chi connectivity index (χ0) is 15.1. The van der Waals surface area contributed by atoms with E-state index in [1.165, 1.54) is 0 Å². The largest absolute Gasteiger partial charge is 0.476 e. The van der Waals surface area contributed by atoms with E-state index in [1.807, 2.05) is 18.2 Å². The van der Waals surface area contributed by atoms with Crippen LogP contribution < -0.4 is 15.4 Å². The van der Waals surface area contributed by atoms with E-state index in [0.717, 1.165) is 23.4 Å². The summed E-state index contributed by atoms with van der Waals surface area (Å²) in [7, 11) is 1.78. The maximum atomic E-state index is 12.2. The summed E-state index contributed by atoms with van der Waals surface area (Å²) in [5, 5.41) is 0. The average molecular weight is 276 g/mol. The van der Waals surface area contributed by atoms with Crippen molar-refractivity contribution in [1.82, 2.24) is 0 Å². The van der Waals surface area contributed by atoms with Crippen molar-refractivity contribution in [2.45, 2.75) is 45.8 Å². The second kappa shape index (κ2) is 5.09. The van der Waals surface area contributed by atoms with Crippen LogP contribution in [0.3, 0.4) is 0 Å². The highest BCUT2D eigenvalue weighted by Crippen LogP contribution is 2.38. The Bertz CT molecular complexity index is 523. The van der Waals surface area contributed by atoms with Crippen molar-refractivity contribution in [1.29, 1.82) is 0 Å². The Morgan fingerprint density at radius 3 is 2.60 bits per heavy atom. The number of anilines is 1. The van der Waals surface area contributed by atoms with Crippen LogP contribution in [0.4, 0.5) is 5.69 Å². The predicted octanol–water partition coefficient (Wildman–Crippen LogP) is 2.87. The second-order valence-electron chi connectivity index (χ2n) is 6.44. The van der Waals surface area contributed by atoms with Gasteiger partial charge in [0.05, 0.1) is 5.69 Å². The number of rotatable bonds is 3. The van der Waals surface area contributed by atoms with E-state index < -0.39 is 5.60 Å². The van der Waals surface area contributed by atoms with Crippen LogP contribution in [0.1, 0.15) is 45.7 Å². The third-order valence-electron chi connectivity index (χ3n) is 3.68. The summed E-state index contributed by atoms with van der Waals surface area (Å²) in [6, 6.07) is 5.86. The molecular weight excluding hydrogens is 252 g/mol. The Hall–Kier alpha value is -1.55. The summed E-state index contributed by atoms with van der Waals surface area (Å²) in [6.07, 6.45) is 0.919. The first-order chi connectivity index (χ1) is 9.22. The van der Waals surface area contributed by atoms with E-state index in [0.29, 0.717) is 5.92 Å². The van der Waals surface area contributed by atoms with Gasteiger partial charge >= 0.3 is 0 Å². The van der Waals surface area contributed by atoms with Gasteiger partial charge in [0.25, 0.3) is 5.91 Å². The molecular formula is C16H24N2O2. The molecule has 1 amide bonds. The molecule has 1 aromatic carbocycles. The van der Waals surface area contributed by atoms with E-state index in [1.54, 1.807) is 25.8 Å².